The first kappa shape index (κ1) is 7.16. The van der Waals surface area contributed by atoms with E-state index in [9.17, 15) is 4.39 Å². The Morgan fingerprint density at radius 2 is 2.08 bits per heavy atom. The zero-order chi connectivity index (χ0) is 8.55. The van der Waals surface area contributed by atoms with Crippen LogP contribution in [0.3, 0.4) is 0 Å². The van der Waals surface area contributed by atoms with Crippen LogP contribution in [0, 0.1) is 12.9 Å². The number of aryl methyl sites for hydroxylation is 1. The molecule has 0 atom stereocenters. The number of benzene rings is 1. The van der Waals surface area contributed by atoms with Crippen LogP contribution >= 0.6 is 0 Å². The van der Waals surface area contributed by atoms with Crippen molar-refractivity contribution in [2.45, 2.75) is 6.92 Å². The highest BCUT2D eigenvalue weighted by molar-refractivity contribution is 5.74. The molecule has 0 aliphatic carbocycles. The molecule has 0 unspecified atom stereocenters. The summed E-state index contributed by atoms with van der Waals surface area (Å²) in [6.07, 6.45) is 1.12. The summed E-state index contributed by atoms with van der Waals surface area (Å²) in [7, 11) is 0. The van der Waals surface area contributed by atoms with Crippen LogP contribution in [-0.2, 0) is 0 Å². The summed E-state index contributed by atoms with van der Waals surface area (Å²) in [6.45, 7) is 1.94. The molecule has 1 heterocycles. The van der Waals surface area contributed by atoms with Crippen molar-refractivity contribution >= 4 is 11.0 Å². The van der Waals surface area contributed by atoms with Gasteiger partial charge in [-0.25, -0.2) is 9.97 Å². The van der Waals surface area contributed by atoms with Gasteiger partial charge in [0.15, 0.2) is 0 Å². The van der Waals surface area contributed by atoms with Gasteiger partial charge < -0.3 is 0 Å². The minimum Gasteiger partial charge on any atom is -0.250 e. The van der Waals surface area contributed by atoms with E-state index in [0.29, 0.717) is 5.52 Å². The van der Waals surface area contributed by atoms with E-state index < -0.39 is 5.95 Å². The standard InChI is InChI=1S/C9H7FN2/c1-6-2-3-7-8(4-6)12-9(10)5-11-7/h2-5H,1H3. The van der Waals surface area contributed by atoms with Crippen molar-refractivity contribution in [1.29, 1.82) is 0 Å². The van der Waals surface area contributed by atoms with Crippen LogP contribution in [0.15, 0.2) is 24.4 Å². The molecule has 0 saturated carbocycles. The molecule has 2 rings (SSSR count). The van der Waals surface area contributed by atoms with Crippen molar-refractivity contribution in [3.05, 3.63) is 35.9 Å². The first-order valence-corrected chi connectivity index (χ1v) is 3.64. The minimum absolute atomic E-state index is 0.534. The fourth-order valence-electron chi connectivity index (χ4n) is 1.10. The molecule has 2 aromatic rings. The van der Waals surface area contributed by atoms with Gasteiger partial charge in [0.1, 0.15) is 0 Å². The van der Waals surface area contributed by atoms with Gasteiger partial charge in [-0.3, -0.25) is 0 Å². The molecule has 1 aromatic carbocycles. The minimum atomic E-state index is -0.534. The van der Waals surface area contributed by atoms with Crippen molar-refractivity contribution in [3.63, 3.8) is 0 Å². The highest BCUT2D eigenvalue weighted by Crippen LogP contribution is 2.10. The predicted octanol–water partition coefficient (Wildman–Crippen LogP) is 2.08. The number of halogens is 1. The Morgan fingerprint density at radius 3 is 2.92 bits per heavy atom. The third kappa shape index (κ3) is 1.13. The zero-order valence-electron chi connectivity index (χ0n) is 6.58. The summed E-state index contributed by atoms with van der Waals surface area (Å²) < 4.78 is 12.6. The summed E-state index contributed by atoms with van der Waals surface area (Å²) in [4.78, 5) is 7.59. The van der Waals surface area contributed by atoms with Gasteiger partial charge in [-0.1, -0.05) is 6.07 Å². The van der Waals surface area contributed by atoms with Crippen LogP contribution < -0.4 is 0 Å². The number of rotatable bonds is 0. The molecule has 0 aliphatic rings. The van der Waals surface area contributed by atoms with Crippen LogP contribution in [0.5, 0.6) is 0 Å². The van der Waals surface area contributed by atoms with Gasteiger partial charge in [-0.15, -0.1) is 0 Å². The van der Waals surface area contributed by atoms with Crippen molar-refractivity contribution in [1.82, 2.24) is 9.97 Å². The number of nitrogens with zero attached hydrogens (tertiary/aromatic N) is 2. The smallest absolute Gasteiger partial charge is 0.231 e. The SMILES string of the molecule is Cc1ccc2ncc(F)nc2c1. The Hall–Kier alpha value is -1.51. The summed E-state index contributed by atoms with van der Waals surface area (Å²) >= 11 is 0. The fraction of sp³-hybridized carbons (Fsp3) is 0.111. The van der Waals surface area contributed by atoms with Crippen LogP contribution in [0.4, 0.5) is 4.39 Å². The van der Waals surface area contributed by atoms with E-state index in [0.717, 1.165) is 17.3 Å². The normalized spacial score (nSPS) is 10.5. The molecule has 60 valence electrons. The van der Waals surface area contributed by atoms with Crippen LogP contribution in [0.2, 0.25) is 0 Å². The maximum absolute atomic E-state index is 12.6. The first-order valence-electron chi connectivity index (χ1n) is 3.64. The first-order chi connectivity index (χ1) is 5.75. The lowest BCUT2D eigenvalue weighted by atomic mass is 10.2. The summed E-state index contributed by atoms with van der Waals surface area (Å²) in [6, 6.07) is 5.57. The molecule has 0 radical (unpaired) electrons. The van der Waals surface area contributed by atoms with Gasteiger partial charge >= 0.3 is 0 Å². The summed E-state index contributed by atoms with van der Waals surface area (Å²) in [5.74, 6) is -0.534. The van der Waals surface area contributed by atoms with Crippen molar-refractivity contribution in [2.24, 2.45) is 0 Å². The quantitative estimate of drug-likeness (QED) is 0.592. The predicted molar refractivity (Wildman–Crippen MR) is 44.2 cm³/mol. The third-order valence-corrected chi connectivity index (χ3v) is 1.67. The molecular formula is C9H7FN2. The highest BCUT2D eigenvalue weighted by Gasteiger charge is 1.97. The average Bonchev–Trinajstić information content (AvgIpc) is 2.03. The van der Waals surface area contributed by atoms with E-state index in [1.165, 1.54) is 0 Å². The Kier molecular flexibility index (Phi) is 1.50. The molecule has 3 heteroatoms. The van der Waals surface area contributed by atoms with Gasteiger partial charge in [-0.2, -0.15) is 4.39 Å². The van der Waals surface area contributed by atoms with E-state index >= 15 is 0 Å². The van der Waals surface area contributed by atoms with Gasteiger partial charge in [0.25, 0.3) is 0 Å². The van der Waals surface area contributed by atoms with Gasteiger partial charge in [0.05, 0.1) is 17.2 Å². The topological polar surface area (TPSA) is 25.8 Å². The van der Waals surface area contributed by atoms with E-state index in [2.05, 4.69) is 9.97 Å². The zero-order valence-corrected chi connectivity index (χ0v) is 6.58. The molecule has 0 bridgehead atoms. The molecule has 0 aliphatic heterocycles. The van der Waals surface area contributed by atoms with Crippen molar-refractivity contribution in [2.75, 3.05) is 0 Å². The molecular weight excluding hydrogens is 155 g/mol. The van der Waals surface area contributed by atoms with Crippen molar-refractivity contribution in [3.8, 4) is 0 Å². The molecule has 0 saturated heterocycles. The summed E-state index contributed by atoms with van der Waals surface area (Å²) in [5, 5.41) is 0. The molecule has 0 spiro atoms. The van der Waals surface area contributed by atoms with Gasteiger partial charge in [0.2, 0.25) is 5.95 Å². The Bertz CT molecular complexity index is 389. The average molecular weight is 162 g/mol. The lowest BCUT2D eigenvalue weighted by Gasteiger charge is -1.96. The summed E-state index contributed by atoms with van der Waals surface area (Å²) in [5.41, 5.74) is 2.39. The van der Waals surface area contributed by atoms with Crippen molar-refractivity contribution < 1.29 is 4.39 Å². The van der Waals surface area contributed by atoms with E-state index in [4.69, 9.17) is 0 Å². The largest absolute Gasteiger partial charge is 0.250 e. The van der Waals surface area contributed by atoms with Crippen LogP contribution in [0.1, 0.15) is 5.56 Å². The number of hydrogen-bond acceptors (Lipinski definition) is 2. The second kappa shape index (κ2) is 2.52. The van der Waals surface area contributed by atoms with Gasteiger partial charge in [0, 0.05) is 0 Å². The Balaban J connectivity index is 2.80. The maximum atomic E-state index is 12.6. The monoisotopic (exact) mass is 162 g/mol. The van der Waals surface area contributed by atoms with E-state index in [-0.39, 0.29) is 0 Å². The molecule has 12 heavy (non-hydrogen) atoms. The molecule has 0 amide bonds. The lowest BCUT2D eigenvalue weighted by molar-refractivity contribution is 0.583. The number of hydrogen-bond donors (Lipinski definition) is 0. The number of aromatic nitrogens is 2. The maximum Gasteiger partial charge on any atom is 0.231 e. The molecule has 1 aromatic heterocycles. The Labute approximate surface area is 69.1 Å². The second-order valence-corrected chi connectivity index (χ2v) is 2.68. The Morgan fingerprint density at radius 1 is 1.25 bits per heavy atom. The second-order valence-electron chi connectivity index (χ2n) is 2.68. The highest BCUT2D eigenvalue weighted by atomic mass is 19.1. The third-order valence-electron chi connectivity index (χ3n) is 1.67. The van der Waals surface area contributed by atoms with Gasteiger partial charge in [-0.05, 0) is 24.6 Å². The van der Waals surface area contributed by atoms with Crippen LogP contribution in [0.25, 0.3) is 11.0 Å². The van der Waals surface area contributed by atoms with E-state index in [1.807, 2.05) is 25.1 Å². The fourth-order valence-corrected chi connectivity index (χ4v) is 1.10. The molecule has 0 fully saturated rings. The molecule has 2 nitrogen and oxygen atoms in total. The van der Waals surface area contributed by atoms with Crippen LogP contribution in [-0.4, -0.2) is 9.97 Å². The molecule has 0 N–H and O–H groups in total. The van der Waals surface area contributed by atoms with E-state index in [1.54, 1.807) is 0 Å². The lowest BCUT2D eigenvalue weighted by Crippen LogP contribution is -1.87. The number of fused-ring (bicyclic) bond motifs is 1.